The van der Waals surface area contributed by atoms with Crippen molar-refractivity contribution in [3.05, 3.63) is 35.4 Å². The third-order valence-corrected chi connectivity index (χ3v) is 3.71. The summed E-state index contributed by atoms with van der Waals surface area (Å²) in [4.78, 5) is 0. The van der Waals surface area contributed by atoms with E-state index in [1.54, 1.807) is 6.92 Å². The van der Waals surface area contributed by atoms with Gasteiger partial charge in [0, 0.05) is 7.34 Å². The van der Waals surface area contributed by atoms with Crippen LogP contribution in [0.25, 0.3) is 0 Å². The van der Waals surface area contributed by atoms with Crippen molar-refractivity contribution in [2.45, 2.75) is 45.0 Å². The van der Waals surface area contributed by atoms with Crippen LogP contribution in [0.1, 0.15) is 38.2 Å². The highest BCUT2D eigenvalue weighted by molar-refractivity contribution is 5.25. The van der Waals surface area contributed by atoms with Gasteiger partial charge in [0.2, 0.25) is 0 Å². The molecule has 1 aliphatic carbocycles. The maximum Gasteiger partial charge on any atom is 0.106 e. The van der Waals surface area contributed by atoms with Crippen molar-refractivity contribution in [3.63, 3.8) is 0 Å². The summed E-state index contributed by atoms with van der Waals surface area (Å²) in [6.45, 7) is 3.68. The Morgan fingerprint density at radius 1 is 1.06 bits per heavy atom. The van der Waals surface area contributed by atoms with Crippen molar-refractivity contribution in [2.75, 3.05) is 0 Å². The van der Waals surface area contributed by atoms with Crippen LogP contribution < -0.4 is 0 Å². The molecule has 1 fully saturated rings. The average Bonchev–Trinajstić information content (AvgIpc) is 2.26. The van der Waals surface area contributed by atoms with Crippen LogP contribution in [-0.4, -0.2) is 17.8 Å². The molecule has 0 amide bonds. The lowest BCUT2D eigenvalue weighted by atomic mass is 9.77. The van der Waals surface area contributed by atoms with E-state index in [0.29, 0.717) is 12.8 Å². The molecule has 0 spiro atoms. The lowest BCUT2D eigenvalue weighted by Gasteiger charge is -2.32. The first-order valence-electron chi connectivity index (χ1n) is 5.92. The van der Waals surface area contributed by atoms with Crippen LogP contribution in [0.2, 0.25) is 0 Å². The van der Waals surface area contributed by atoms with Gasteiger partial charge in [-0.3, -0.25) is 0 Å². The fourth-order valence-corrected chi connectivity index (χ4v) is 2.41. The van der Waals surface area contributed by atoms with E-state index in [4.69, 9.17) is 0 Å². The first-order chi connectivity index (χ1) is 7.58. The highest BCUT2D eigenvalue weighted by Gasteiger charge is 2.35. The van der Waals surface area contributed by atoms with E-state index in [1.807, 2.05) is 31.2 Å². The van der Waals surface area contributed by atoms with Gasteiger partial charge in [0.15, 0.2) is 0 Å². The van der Waals surface area contributed by atoms with Crippen molar-refractivity contribution in [2.24, 2.45) is 5.92 Å². The molecule has 2 N–H and O–H groups in total. The Kier molecular flexibility index (Phi) is 4.63. The number of hydrogen-bond donors (Lipinski definition) is 0. The largest absolute Gasteiger partial charge is 0.412 e. The van der Waals surface area contributed by atoms with Crippen LogP contribution in [-0.2, 0) is 0 Å². The van der Waals surface area contributed by atoms with Gasteiger partial charge in [0.25, 0.3) is 0 Å². The third kappa shape index (κ3) is 3.03. The maximum absolute atomic E-state index is 13.6. The second-order valence-electron chi connectivity index (χ2n) is 4.97. The van der Waals surface area contributed by atoms with Gasteiger partial charge < -0.3 is 5.48 Å². The maximum atomic E-state index is 13.6. The number of alkyl halides is 2. The van der Waals surface area contributed by atoms with E-state index < -0.39 is 18.3 Å². The van der Waals surface area contributed by atoms with Gasteiger partial charge in [-0.2, -0.15) is 0 Å². The van der Waals surface area contributed by atoms with E-state index in [-0.39, 0.29) is 12.8 Å². The zero-order valence-electron chi connectivity index (χ0n) is 11.3. The first-order valence-corrected chi connectivity index (χ1v) is 5.92. The second kappa shape index (κ2) is 5.58. The Labute approximate surface area is 103 Å². The average molecular weight is 243 g/mol. The summed E-state index contributed by atoms with van der Waals surface area (Å²) in [5, 5.41) is 0. The van der Waals surface area contributed by atoms with E-state index in [1.165, 1.54) is 5.56 Å². The molecule has 0 heterocycles. The van der Waals surface area contributed by atoms with Gasteiger partial charge in [-0.1, -0.05) is 36.8 Å². The number of rotatable bonds is 1. The molecule has 1 radical (unpaired) electrons. The van der Waals surface area contributed by atoms with E-state index in [2.05, 4.69) is 0 Å². The molecule has 1 aliphatic rings. The Hall–Kier alpha value is -0.960. The predicted molar refractivity (Wildman–Crippen MR) is 66.8 cm³/mol. The Morgan fingerprint density at radius 2 is 1.53 bits per heavy atom. The molecule has 1 aromatic rings. The van der Waals surface area contributed by atoms with Gasteiger partial charge in [-0.05, 0) is 31.2 Å². The molecular weight excluding hydrogens is 222 g/mol. The van der Waals surface area contributed by atoms with Gasteiger partial charge in [-0.25, -0.2) is 8.78 Å². The fourth-order valence-electron chi connectivity index (χ4n) is 2.41. The van der Waals surface area contributed by atoms with Crippen LogP contribution in [0.4, 0.5) is 8.78 Å². The molecule has 97 valence electrons. The fraction of sp³-hybridized carbons (Fsp3) is 0.571. The van der Waals surface area contributed by atoms with Crippen molar-refractivity contribution < 1.29 is 15.7 Å². The monoisotopic (exact) mass is 243 g/mol. The SMILES string of the molecule is Cc1ccc(C2CC(F)C(C)C(F)C2)cc1.O.[H]. The first kappa shape index (κ1) is 14.1. The zero-order chi connectivity index (χ0) is 11.7. The minimum atomic E-state index is -1.00. The van der Waals surface area contributed by atoms with Crippen molar-refractivity contribution >= 4 is 0 Å². The van der Waals surface area contributed by atoms with Crippen LogP contribution in [0.5, 0.6) is 0 Å². The van der Waals surface area contributed by atoms with Crippen molar-refractivity contribution in [1.29, 1.82) is 0 Å². The van der Waals surface area contributed by atoms with Crippen LogP contribution in [0.15, 0.2) is 24.3 Å². The molecule has 1 aromatic carbocycles. The summed E-state index contributed by atoms with van der Waals surface area (Å²) in [7, 11) is 0. The summed E-state index contributed by atoms with van der Waals surface area (Å²) in [5.41, 5.74) is 2.25. The van der Waals surface area contributed by atoms with Crippen LogP contribution in [0, 0.1) is 12.8 Å². The lowest BCUT2D eigenvalue weighted by Crippen LogP contribution is -2.32. The molecule has 2 atom stereocenters. The third-order valence-electron chi connectivity index (χ3n) is 3.71. The summed E-state index contributed by atoms with van der Waals surface area (Å²) in [6, 6.07) is 8.01. The molecule has 3 heteroatoms. The number of benzene rings is 1. The molecular formula is C14H21F2O. The summed E-state index contributed by atoms with van der Waals surface area (Å²) in [5.74, 6) is -0.400. The van der Waals surface area contributed by atoms with Crippen molar-refractivity contribution in [3.8, 4) is 0 Å². The zero-order valence-corrected chi connectivity index (χ0v) is 10.3. The van der Waals surface area contributed by atoms with Crippen molar-refractivity contribution in [1.82, 2.24) is 0 Å². The van der Waals surface area contributed by atoms with Crippen LogP contribution in [0.3, 0.4) is 0 Å². The Balaban J connectivity index is 0.00000144. The van der Waals surface area contributed by atoms with Gasteiger partial charge in [-0.15, -0.1) is 0 Å². The smallest absolute Gasteiger partial charge is 0.106 e. The quantitative estimate of drug-likeness (QED) is 0.723. The lowest BCUT2D eigenvalue weighted by molar-refractivity contribution is 0.0755. The molecule has 1 saturated carbocycles. The molecule has 2 unspecified atom stereocenters. The van der Waals surface area contributed by atoms with Gasteiger partial charge in [0.05, 0.1) is 0 Å². The minimum Gasteiger partial charge on any atom is -0.412 e. The minimum absolute atomic E-state index is 0. The molecule has 1 nitrogen and oxygen atoms in total. The van der Waals surface area contributed by atoms with Crippen LogP contribution >= 0.6 is 0 Å². The Morgan fingerprint density at radius 3 is 2.00 bits per heavy atom. The van der Waals surface area contributed by atoms with E-state index in [0.717, 1.165) is 5.56 Å². The van der Waals surface area contributed by atoms with E-state index >= 15 is 0 Å². The topological polar surface area (TPSA) is 31.5 Å². The highest BCUT2D eigenvalue weighted by atomic mass is 19.1. The molecule has 17 heavy (non-hydrogen) atoms. The molecule has 0 bridgehead atoms. The normalized spacial score (nSPS) is 32.9. The highest BCUT2D eigenvalue weighted by Crippen LogP contribution is 2.38. The van der Waals surface area contributed by atoms with Gasteiger partial charge in [0.1, 0.15) is 12.3 Å². The molecule has 2 rings (SSSR count). The summed E-state index contributed by atoms with van der Waals surface area (Å²) < 4.78 is 27.2. The Bertz CT molecular complexity index is 343. The number of hydrogen-bond acceptors (Lipinski definition) is 0. The number of aryl methyl sites for hydroxylation is 1. The standard InChI is InChI=1S/C14H18F2.H2O.H/c1-9-3-5-11(6-4-9)12-7-13(15)10(2)14(16)8-12;;/h3-6,10,12-14H,7-8H2,1-2H3;1H2;. The summed E-state index contributed by atoms with van der Waals surface area (Å²) >= 11 is 0. The van der Waals surface area contributed by atoms with Gasteiger partial charge >= 0.3 is 0 Å². The molecule has 0 aromatic heterocycles. The number of halogens is 2. The molecule has 0 aliphatic heterocycles. The predicted octanol–water partition coefficient (Wildman–Crippen LogP) is 3.47. The van der Waals surface area contributed by atoms with E-state index in [9.17, 15) is 8.78 Å². The second-order valence-corrected chi connectivity index (χ2v) is 4.97. The summed E-state index contributed by atoms with van der Waals surface area (Å²) in [6.07, 6.45) is -1.08. The molecule has 0 saturated heterocycles.